The number of sulfonamides is 1. The average Bonchev–Trinajstić information content (AvgIpc) is 3.21. The summed E-state index contributed by atoms with van der Waals surface area (Å²) in [5, 5.41) is 11.2. The predicted octanol–water partition coefficient (Wildman–Crippen LogP) is 3.57. The Hall–Kier alpha value is -3.69. The molecule has 0 aliphatic heterocycles. The van der Waals surface area contributed by atoms with Crippen molar-refractivity contribution in [1.82, 2.24) is 20.2 Å². The van der Waals surface area contributed by atoms with E-state index in [0.717, 1.165) is 39.5 Å². The van der Waals surface area contributed by atoms with Crippen LogP contribution in [0.4, 0.5) is 0 Å². The van der Waals surface area contributed by atoms with Gasteiger partial charge >= 0.3 is 0 Å². The van der Waals surface area contributed by atoms with Crippen LogP contribution in [-0.2, 0) is 10.0 Å². The quantitative estimate of drug-likeness (QED) is 0.358. The van der Waals surface area contributed by atoms with Gasteiger partial charge in [0.2, 0.25) is 10.0 Å². The summed E-state index contributed by atoms with van der Waals surface area (Å²) in [6, 6.07) is 19.9. The molecule has 1 unspecified atom stereocenters. The Kier molecular flexibility index (Phi) is 6.67. The zero-order valence-corrected chi connectivity index (χ0v) is 19.9. The fourth-order valence-corrected chi connectivity index (χ4v) is 4.22. The van der Waals surface area contributed by atoms with Crippen molar-refractivity contribution in [2.75, 3.05) is 19.9 Å². The summed E-state index contributed by atoms with van der Waals surface area (Å²) in [5.74, 6) is 0.300. The maximum absolute atomic E-state index is 13.2. The van der Waals surface area contributed by atoms with Crippen LogP contribution in [0.2, 0.25) is 0 Å². The molecule has 1 atom stereocenters. The molecule has 0 bridgehead atoms. The van der Waals surface area contributed by atoms with Crippen molar-refractivity contribution in [2.45, 2.75) is 13.0 Å². The smallest absolute Gasteiger partial charge is 0.251 e. The molecule has 8 nitrogen and oxygen atoms in total. The van der Waals surface area contributed by atoms with Crippen LogP contribution in [0.25, 0.3) is 22.0 Å². The summed E-state index contributed by atoms with van der Waals surface area (Å²) in [7, 11) is -1.89. The van der Waals surface area contributed by atoms with Crippen molar-refractivity contribution in [1.29, 1.82) is 0 Å². The summed E-state index contributed by atoms with van der Waals surface area (Å²) in [4.78, 5) is 13.2. The van der Waals surface area contributed by atoms with E-state index in [2.05, 4.69) is 20.2 Å². The SMILES string of the molecule is COc1cccc(C(CNS(C)(=O)=O)NC(=O)c2cccc(-c3ccc4[nH]nc(C)c4c3)c2)c1. The van der Waals surface area contributed by atoms with E-state index in [0.29, 0.717) is 11.3 Å². The summed E-state index contributed by atoms with van der Waals surface area (Å²) in [6.07, 6.45) is 1.08. The number of methoxy groups -OCH3 is 1. The molecule has 34 heavy (non-hydrogen) atoms. The van der Waals surface area contributed by atoms with Crippen molar-refractivity contribution >= 4 is 26.8 Å². The Bertz CT molecular complexity index is 1450. The fraction of sp³-hybridized carbons (Fsp3) is 0.200. The topological polar surface area (TPSA) is 113 Å². The molecule has 1 aromatic heterocycles. The molecule has 176 valence electrons. The van der Waals surface area contributed by atoms with Gasteiger partial charge in [-0.05, 0) is 60.0 Å². The van der Waals surface area contributed by atoms with Gasteiger partial charge in [0, 0.05) is 17.5 Å². The minimum atomic E-state index is -3.44. The molecular formula is C25H26N4O4S. The second kappa shape index (κ2) is 9.66. The van der Waals surface area contributed by atoms with Crippen LogP contribution >= 0.6 is 0 Å². The molecule has 4 rings (SSSR count). The first-order valence-corrected chi connectivity index (χ1v) is 12.6. The number of ether oxygens (including phenoxy) is 1. The number of hydrogen-bond acceptors (Lipinski definition) is 5. The molecule has 0 aliphatic rings. The number of aryl methyl sites for hydroxylation is 1. The lowest BCUT2D eigenvalue weighted by Gasteiger charge is -2.20. The number of carbonyl (C=O) groups excluding carboxylic acids is 1. The Morgan fingerprint density at radius 2 is 1.82 bits per heavy atom. The minimum absolute atomic E-state index is 0.00780. The second-order valence-corrected chi connectivity index (χ2v) is 9.91. The highest BCUT2D eigenvalue weighted by molar-refractivity contribution is 7.88. The second-order valence-electron chi connectivity index (χ2n) is 8.07. The van der Waals surface area contributed by atoms with Crippen LogP contribution in [0.15, 0.2) is 66.7 Å². The number of rotatable bonds is 8. The van der Waals surface area contributed by atoms with Crippen LogP contribution < -0.4 is 14.8 Å². The highest BCUT2D eigenvalue weighted by Crippen LogP contribution is 2.26. The molecule has 3 aromatic carbocycles. The number of fused-ring (bicyclic) bond motifs is 1. The van der Waals surface area contributed by atoms with Gasteiger partial charge in [0.25, 0.3) is 5.91 Å². The molecule has 0 aliphatic carbocycles. The van der Waals surface area contributed by atoms with E-state index in [9.17, 15) is 13.2 Å². The van der Waals surface area contributed by atoms with Gasteiger partial charge in [0.05, 0.1) is 30.6 Å². The van der Waals surface area contributed by atoms with Gasteiger partial charge in [0.15, 0.2) is 0 Å². The molecule has 0 radical (unpaired) electrons. The molecule has 0 saturated heterocycles. The maximum atomic E-state index is 13.2. The number of hydrogen-bond donors (Lipinski definition) is 3. The number of nitrogens with zero attached hydrogens (tertiary/aromatic N) is 1. The molecule has 0 fully saturated rings. The molecule has 1 amide bonds. The van der Waals surface area contributed by atoms with Crippen molar-refractivity contribution in [2.24, 2.45) is 0 Å². The standard InChI is InChI=1S/C25H26N4O4S/c1-16-22-14-18(10-11-23(22)29-28-16)17-6-4-8-20(12-17)25(30)27-24(15-26-34(3,31)32)19-7-5-9-21(13-19)33-2/h4-14,24,26H,15H2,1-3H3,(H,27,30)(H,28,29). The number of nitrogens with one attached hydrogen (secondary N) is 3. The van der Waals surface area contributed by atoms with Crippen molar-refractivity contribution < 1.29 is 17.9 Å². The summed E-state index contributed by atoms with van der Waals surface area (Å²) in [6.45, 7) is 1.95. The largest absolute Gasteiger partial charge is 0.497 e. The summed E-state index contributed by atoms with van der Waals surface area (Å²) < 4.78 is 31.1. The predicted molar refractivity (Wildman–Crippen MR) is 132 cm³/mol. The number of aromatic nitrogens is 2. The highest BCUT2D eigenvalue weighted by atomic mass is 32.2. The van der Waals surface area contributed by atoms with Crippen LogP contribution in [0.1, 0.15) is 27.7 Å². The Balaban J connectivity index is 1.61. The first-order chi connectivity index (χ1) is 16.2. The van der Waals surface area contributed by atoms with E-state index >= 15 is 0 Å². The number of carbonyl (C=O) groups is 1. The van der Waals surface area contributed by atoms with Crippen LogP contribution in [0.5, 0.6) is 5.75 Å². The van der Waals surface area contributed by atoms with Crippen LogP contribution in [-0.4, -0.2) is 44.4 Å². The molecule has 3 N–H and O–H groups in total. The molecule has 0 saturated carbocycles. The van der Waals surface area contributed by atoms with Crippen LogP contribution in [0, 0.1) is 6.92 Å². The number of aromatic amines is 1. The fourth-order valence-electron chi connectivity index (χ4n) is 3.75. The Labute approximate surface area is 198 Å². The highest BCUT2D eigenvalue weighted by Gasteiger charge is 2.19. The molecule has 4 aromatic rings. The summed E-state index contributed by atoms with van der Waals surface area (Å²) in [5.41, 5.74) is 4.91. The van der Waals surface area contributed by atoms with E-state index in [1.807, 2.05) is 49.4 Å². The number of benzene rings is 3. The minimum Gasteiger partial charge on any atom is -0.497 e. The lowest BCUT2D eigenvalue weighted by Crippen LogP contribution is -2.37. The average molecular weight is 479 g/mol. The van der Waals surface area contributed by atoms with Gasteiger partial charge in [-0.3, -0.25) is 9.89 Å². The van der Waals surface area contributed by atoms with E-state index in [1.54, 1.807) is 31.4 Å². The third kappa shape index (κ3) is 5.44. The molecule has 0 spiro atoms. The first kappa shape index (κ1) is 23.5. The van der Waals surface area contributed by atoms with E-state index < -0.39 is 16.1 Å². The number of amides is 1. The van der Waals surface area contributed by atoms with Gasteiger partial charge < -0.3 is 10.1 Å². The van der Waals surface area contributed by atoms with Crippen molar-refractivity contribution in [3.8, 4) is 16.9 Å². The van der Waals surface area contributed by atoms with Gasteiger partial charge in [0.1, 0.15) is 5.75 Å². The normalized spacial score (nSPS) is 12.4. The Morgan fingerprint density at radius 1 is 1.06 bits per heavy atom. The number of H-pyrrole nitrogens is 1. The molecular weight excluding hydrogens is 452 g/mol. The van der Waals surface area contributed by atoms with Gasteiger partial charge in [-0.2, -0.15) is 5.10 Å². The van der Waals surface area contributed by atoms with Gasteiger partial charge in [-0.1, -0.05) is 30.3 Å². The van der Waals surface area contributed by atoms with E-state index in [1.165, 1.54) is 0 Å². The zero-order chi connectivity index (χ0) is 24.3. The lowest BCUT2D eigenvalue weighted by molar-refractivity contribution is 0.0937. The third-order valence-corrected chi connectivity index (χ3v) is 6.25. The zero-order valence-electron chi connectivity index (χ0n) is 19.1. The summed E-state index contributed by atoms with van der Waals surface area (Å²) >= 11 is 0. The molecule has 9 heteroatoms. The maximum Gasteiger partial charge on any atom is 0.251 e. The van der Waals surface area contributed by atoms with Crippen LogP contribution in [0.3, 0.4) is 0 Å². The van der Waals surface area contributed by atoms with E-state index in [4.69, 9.17) is 4.74 Å². The van der Waals surface area contributed by atoms with Crippen molar-refractivity contribution in [3.05, 3.63) is 83.6 Å². The lowest BCUT2D eigenvalue weighted by atomic mass is 10.0. The van der Waals surface area contributed by atoms with Gasteiger partial charge in [-0.25, -0.2) is 13.1 Å². The molecule has 1 heterocycles. The Morgan fingerprint density at radius 3 is 2.59 bits per heavy atom. The monoisotopic (exact) mass is 478 g/mol. The first-order valence-electron chi connectivity index (χ1n) is 10.7. The third-order valence-electron chi connectivity index (χ3n) is 5.56. The van der Waals surface area contributed by atoms with Crippen molar-refractivity contribution in [3.63, 3.8) is 0 Å². The van der Waals surface area contributed by atoms with Gasteiger partial charge in [-0.15, -0.1) is 0 Å². The van der Waals surface area contributed by atoms with E-state index in [-0.39, 0.29) is 12.5 Å².